The van der Waals surface area contributed by atoms with Crippen LogP contribution in [0, 0.1) is 11.6 Å². The fourth-order valence-electron chi connectivity index (χ4n) is 2.24. The van der Waals surface area contributed by atoms with Crippen molar-refractivity contribution >= 4 is 28.7 Å². The number of rotatable bonds is 1. The first-order chi connectivity index (χ1) is 9.56. The second kappa shape index (κ2) is 4.48. The minimum absolute atomic E-state index is 0.0515. The lowest BCUT2D eigenvalue weighted by atomic mass is 10.1. The van der Waals surface area contributed by atoms with Crippen LogP contribution in [0.15, 0.2) is 36.4 Å². The highest BCUT2D eigenvalue weighted by Gasteiger charge is 2.25. The van der Waals surface area contributed by atoms with Gasteiger partial charge in [-0.1, -0.05) is 12.1 Å². The number of amides is 1. The Morgan fingerprint density at radius 1 is 1.15 bits per heavy atom. The lowest BCUT2D eigenvalue weighted by molar-refractivity contribution is -0.115. The highest BCUT2D eigenvalue weighted by Crippen LogP contribution is 2.38. The standard InChI is InChI=1S/C14H11F2N3O/c15-8-5-9(16)14(17)12(6-8)19-7-13(20)18-10-3-1-2-4-11(10)19/h1-6H,7,17H2,(H,18,20). The summed E-state index contributed by atoms with van der Waals surface area (Å²) in [7, 11) is 0. The first kappa shape index (κ1) is 12.4. The maximum absolute atomic E-state index is 13.6. The van der Waals surface area contributed by atoms with Crippen molar-refractivity contribution in [1.29, 1.82) is 0 Å². The van der Waals surface area contributed by atoms with Crippen molar-refractivity contribution in [1.82, 2.24) is 0 Å². The summed E-state index contributed by atoms with van der Waals surface area (Å²) in [6.07, 6.45) is 0. The first-order valence-electron chi connectivity index (χ1n) is 5.97. The van der Waals surface area contributed by atoms with Gasteiger partial charge in [-0.05, 0) is 18.2 Å². The van der Waals surface area contributed by atoms with E-state index < -0.39 is 11.6 Å². The lowest BCUT2D eigenvalue weighted by Crippen LogP contribution is -2.35. The molecular weight excluding hydrogens is 264 g/mol. The second-order valence-corrected chi connectivity index (χ2v) is 4.47. The lowest BCUT2D eigenvalue weighted by Gasteiger charge is -2.31. The minimum atomic E-state index is -0.844. The molecule has 0 saturated heterocycles. The number of nitrogens with two attached hydrogens (primary N) is 1. The molecule has 20 heavy (non-hydrogen) atoms. The van der Waals surface area contributed by atoms with Crippen LogP contribution < -0.4 is 16.0 Å². The highest BCUT2D eigenvalue weighted by molar-refractivity contribution is 6.04. The van der Waals surface area contributed by atoms with Gasteiger partial charge in [-0.2, -0.15) is 0 Å². The summed E-state index contributed by atoms with van der Waals surface area (Å²) in [5.74, 6) is -1.86. The van der Waals surface area contributed by atoms with E-state index in [0.29, 0.717) is 11.4 Å². The SMILES string of the molecule is Nc1c(F)cc(F)cc1N1CC(=O)Nc2ccccc21. The van der Waals surface area contributed by atoms with E-state index in [0.717, 1.165) is 12.1 Å². The Labute approximate surface area is 113 Å². The molecule has 6 heteroatoms. The molecule has 1 amide bonds. The molecule has 1 aliphatic heterocycles. The molecule has 0 bridgehead atoms. The molecule has 0 aliphatic carbocycles. The number of para-hydroxylation sites is 2. The average Bonchev–Trinajstić information content (AvgIpc) is 2.42. The fraction of sp³-hybridized carbons (Fsp3) is 0.0714. The van der Waals surface area contributed by atoms with E-state index >= 15 is 0 Å². The predicted molar refractivity (Wildman–Crippen MR) is 72.8 cm³/mol. The summed E-state index contributed by atoms with van der Waals surface area (Å²) < 4.78 is 27.0. The molecule has 0 unspecified atom stereocenters. The molecule has 1 aliphatic rings. The van der Waals surface area contributed by atoms with Gasteiger partial charge in [0, 0.05) is 6.07 Å². The van der Waals surface area contributed by atoms with Gasteiger partial charge in [0.1, 0.15) is 12.4 Å². The van der Waals surface area contributed by atoms with Gasteiger partial charge in [0.05, 0.1) is 22.7 Å². The Balaban J connectivity index is 2.18. The van der Waals surface area contributed by atoms with E-state index in [1.807, 2.05) is 0 Å². The highest BCUT2D eigenvalue weighted by atomic mass is 19.1. The molecule has 0 aromatic heterocycles. The Hall–Kier alpha value is -2.63. The van der Waals surface area contributed by atoms with Gasteiger partial charge in [0.15, 0.2) is 5.82 Å². The van der Waals surface area contributed by atoms with E-state index in [1.165, 1.54) is 4.90 Å². The van der Waals surface area contributed by atoms with Crippen LogP contribution in [0.1, 0.15) is 0 Å². The van der Waals surface area contributed by atoms with Crippen molar-refractivity contribution in [3.8, 4) is 0 Å². The van der Waals surface area contributed by atoms with E-state index in [2.05, 4.69) is 5.32 Å². The van der Waals surface area contributed by atoms with Crippen molar-refractivity contribution in [2.24, 2.45) is 0 Å². The number of benzene rings is 2. The zero-order chi connectivity index (χ0) is 14.3. The molecule has 3 rings (SSSR count). The molecule has 0 fully saturated rings. The Morgan fingerprint density at radius 3 is 2.70 bits per heavy atom. The smallest absolute Gasteiger partial charge is 0.244 e. The molecule has 0 spiro atoms. The van der Waals surface area contributed by atoms with Crippen molar-refractivity contribution in [3.05, 3.63) is 48.0 Å². The third kappa shape index (κ3) is 1.95. The molecule has 0 radical (unpaired) electrons. The van der Waals surface area contributed by atoms with Crippen LogP contribution in [0.2, 0.25) is 0 Å². The molecule has 4 nitrogen and oxygen atoms in total. The van der Waals surface area contributed by atoms with Gasteiger partial charge in [0.25, 0.3) is 0 Å². The van der Waals surface area contributed by atoms with E-state index in [4.69, 9.17) is 5.73 Å². The number of nitrogen functional groups attached to an aromatic ring is 1. The number of hydrogen-bond donors (Lipinski definition) is 2. The normalized spacial score (nSPS) is 13.9. The van der Waals surface area contributed by atoms with Crippen molar-refractivity contribution < 1.29 is 13.6 Å². The molecule has 2 aromatic carbocycles. The molecule has 0 atom stereocenters. The summed E-state index contributed by atoms with van der Waals surface area (Å²) in [4.78, 5) is 13.2. The van der Waals surface area contributed by atoms with Crippen molar-refractivity contribution in [3.63, 3.8) is 0 Å². The largest absolute Gasteiger partial charge is 0.395 e. The average molecular weight is 275 g/mol. The van der Waals surface area contributed by atoms with Gasteiger partial charge < -0.3 is 16.0 Å². The Morgan fingerprint density at radius 2 is 1.90 bits per heavy atom. The van der Waals surface area contributed by atoms with Crippen LogP contribution in [0.25, 0.3) is 0 Å². The maximum atomic E-state index is 13.6. The zero-order valence-corrected chi connectivity index (χ0v) is 10.4. The fourth-order valence-corrected chi connectivity index (χ4v) is 2.24. The topological polar surface area (TPSA) is 58.4 Å². The number of carbonyl (C=O) groups excluding carboxylic acids is 1. The zero-order valence-electron chi connectivity index (χ0n) is 10.4. The van der Waals surface area contributed by atoms with Gasteiger partial charge in [-0.3, -0.25) is 4.79 Å². The van der Waals surface area contributed by atoms with Crippen molar-refractivity contribution in [2.75, 3.05) is 22.5 Å². The van der Waals surface area contributed by atoms with Gasteiger partial charge >= 0.3 is 0 Å². The predicted octanol–water partition coefficient (Wildman–Crippen LogP) is 2.64. The Kier molecular flexibility index (Phi) is 2.78. The number of halogens is 2. The van der Waals surface area contributed by atoms with Crippen LogP contribution in [0.4, 0.5) is 31.5 Å². The summed E-state index contributed by atoms with van der Waals surface area (Å²) in [5, 5.41) is 2.70. The molecule has 102 valence electrons. The van der Waals surface area contributed by atoms with E-state index in [-0.39, 0.29) is 23.8 Å². The molecule has 1 heterocycles. The molecule has 3 N–H and O–H groups in total. The minimum Gasteiger partial charge on any atom is -0.395 e. The van der Waals surface area contributed by atoms with Crippen LogP contribution in [-0.2, 0) is 4.79 Å². The van der Waals surface area contributed by atoms with Crippen LogP contribution >= 0.6 is 0 Å². The van der Waals surface area contributed by atoms with Crippen LogP contribution in [0.5, 0.6) is 0 Å². The number of carbonyl (C=O) groups is 1. The summed E-state index contributed by atoms with van der Waals surface area (Å²) in [6.45, 7) is -0.0515. The van der Waals surface area contributed by atoms with Gasteiger partial charge in [-0.25, -0.2) is 8.78 Å². The van der Waals surface area contributed by atoms with Crippen LogP contribution in [-0.4, -0.2) is 12.5 Å². The third-order valence-electron chi connectivity index (χ3n) is 3.13. The van der Waals surface area contributed by atoms with E-state index in [9.17, 15) is 13.6 Å². The maximum Gasteiger partial charge on any atom is 0.244 e. The van der Waals surface area contributed by atoms with Gasteiger partial charge in [0.2, 0.25) is 5.91 Å². The van der Waals surface area contributed by atoms with Gasteiger partial charge in [-0.15, -0.1) is 0 Å². The van der Waals surface area contributed by atoms with Crippen LogP contribution in [0.3, 0.4) is 0 Å². The third-order valence-corrected chi connectivity index (χ3v) is 3.13. The van der Waals surface area contributed by atoms with E-state index in [1.54, 1.807) is 24.3 Å². The summed E-state index contributed by atoms with van der Waals surface area (Å²) in [5.41, 5.74) is 6.85. The molecule has 0 saturated carbocycles. The number of nitrogens with one attached hydrogen (secondary N) is 1. The molecular formula is C14H11F2N3O. The number of fused-ring (bicyclic) bond motifs is 1. The monoisotopic (exact) mass is 275 g/mol. The van der Waals surface area contributed by atoms with Crippen molar-refractivity contribution in [2.45, 2.75) is 0 Å². The first-order valence-corrected chi connectivity index (χ1v) is 5.97. The second-order valence-electron chi connectivity index (χ2n) is 4.47. The quantitative estimate of drug-likeness (QED) is 0.787. The summed E-state index contributed by atoms with van der Waals surface area (Å²) in [6, 6.07) is 8.83. The number of anilines is 4. The molecule has 2 aromatic rings. The number of nitrogens with zero attached hydrogens (tertiary/aromatic N) is 1. The Bertz CT molecular complexity index is 703. The summed E-state index contributed by atoms with van der Waals surface area (Å²) >= 11 is 0. The number of hydrogen-bond acceptors (Lipinski definition) is 3.